The van der Waals surface area contributed by atoms with Crippen molar-refractivity contribution >= 4 is 10.8 Å². The lowest BCUT2D eigenvalue weighted by Gasteiger charge is -2.27. The Morgan fingerprint density at radius 1 is 1.29 bits per heavy atom. The molecule has 1 aromatic rings. The fraction of sp³-hybridized carbons (Fsp3) is 0.400. The van der Waals surface area contributed by atoms with Crippen LogP contribution in [0, 0.1) is 6.92 Å². The van der Waals surface area contributed by atoms with Crippen LogP contribution in [0.4, 0.5) is 0 Å². The zero-order valence-corrected chi connectivity index (χ0v) is 8.92. The lowest BCUT2D eigenvalue weighted by atomic mass is 10.0. The molecule has 1 heterocycles. The SMILES string of the molecule is Cc1ccc(C2CCS(O)(O)N2)cc1. The molecule has 1 aliphatic rings. The fourth-order valence-electron chi connectivity index (χ4n) is 1.66. The summed E-state index contributed by atoms with van der Waals surface area (Å²) in [5.41, 5.74) is 2.35. The lowest BCUT2D eigenvalue weighted by molar-refractivity contribution is 0.478. The van der Waals surface area contributed by atoms with Crippen LogP contribution in [0.1, 0.15) is 23.6 Å². The van der Waals surface area contributed by atoms with Crippen LogP contribution < -0.4 is 4.72 Å². The first-order chi connectivity index (χ1) is 6.57. The number of nitrogens with one attached hydrogen (secondary N) is 1. The Morgan fingerprint density at radius 2 is 1.93 bits per heavy atom. The van der Waals surface area contributed by atoms with Gasteiger partial charge in [0.2, 0.25) is 0 Å². The molecular formula is C10H15NO2S. The molecule has 4 heteroatoms. The van der Waals surface area contributed by atoms with Crippen molar-refractivity contribution in [3.05, 3.63) is 35.4 Å². The summed E-state index contributed by atoms with van der Waals surface area (Å²) in [7, 11) is -2.50. The Hall–Kier alpha value is -0.550. The van der Waals surface area contributed by atoms with Gasteiger partial charge >= 0.3 is 0 Å². The van der Waals surface area contributed by atoms with E-state index in [1.807, 2.05) is 31.2 Å². The monoisotopic (exact) mass is 213 g/mol. The first-order valence-electron chi connectivity index (χ1n) is 4.66. The van der Waals surface area contributed by atoms with Crippen LogP contribution >= 0.6 is 10.8 Å². The van der Waals surface area contributed by atoms with Crippen molar-refractivity contribution in [3.63, 3.8) is 0 Å². The molecule has 78 valence electrons. The standard InChI is InChI=1S/C10H15NO2S/c1-8-2-4-9(5-3-8)10-6-7-14(12,13)11-10/h2-5,10-13H,6-7H2,1H3. The predicted octanol–water partition coefficient (Wildman–Crippen LogP) is 2.70. The van der Waals surface area contributed by atoms with E-state index in [1.165, 1.54) is 5.56 Å². The van der Waals surface area contributed by atoms with Gasteiger partial charge in [0.25, 0.3) is 0 Å². The minimum absolute atomic E-state index is 0.0978. The maximum Gasteiger partial charge on any atom is 0.0547 e. The Labute approximate surface area is 85.6 Å². The Balaban J connectivity index is 2.14. The Morgan fingerprint density at radius 3 is 2.43 bits per heavy atom. The molecule has 2 rings (SSSR count). The topological polar surface area (TPSA) is 52.5 Å². The zero-order chi connectivity index (χ0) is 10.2. The van der Waals surface area contributed by atoms with Gasteiger partial charge < -0.3 is 0 Å². The first kappa shape index (κ1) is 9.98. The predicted molar refractivity (Wildman–Crippen MR) is 59.4 cm³/mol. The van der Waals surface area contributed by atoms with Gasteiger partial charge in [-0.2, -0.15) is 0 Å². The fourth-order valence-corrected chi connectivity index (χ4v) is 3.05. The van der Waals surface area contributed by atoms with Crippen molar-refractivity contribution in [2.24, 2.45) is 0 Å². The second-order valence-corrected chi connectivity index (χ2v) is 5.72. The quantitative estimate of drug-likeness (QED) is 0.672. The zero-order valence-electron chi connectivity index (χ0n) is 8.10. The molecule has 1 fully saturated rings. The lowest BCUT2D eigenvalue weighted by Crippen LogP contribution is -2.16. The van der Waals surface area contributed by atoms with E-state index in [0.29, 0.717) is 5.75 Å². The van der Waals surface area contributed by atoms with Gasteiger partial charge in [-0.1, -0.05) is 29.8 Å². The summed E-state index contributed by atoms with van der Waals surface area (Å²) < 4.78 is 21.7. The van der Waals surface area contributed by atoms with E-state index >= 15 is 0 Å². The van der Waals surface area contributed by atoms with Crippen molar-refractivity contribution in [1.82, 2.24) is 4.72 Å². The van der Waals surface area contributed by atoms with Gasteiger partial charge in [-0.3, -0.25) is 9.11 Å². The molecule has 3 N–H and O–H groups in total. The van der Waals surface area contributed by atoms with Crippen LogP contribution in [-0.4, -0.2) is 14.9 Å². The molecule has 14 heavy (non-hydrogen) atoms. The third-order valence-electron chi connectivity index (χ3n) is 2.50. The molecule has 0 radical (unpaired) electrons. The van der Waals surface area contributed by atoms with Gasteiger partial charge in [-0.05, 0) is 18.9 Å². The smallest absolute Gasteiger partial charge is 0.0547 e. The average Bonchev–Trinajstić information content (AvgIpc) is 2.47. The normalized spacial score (nSPS) is 27.5. The van der Waals surface area contributed by atoms with Gasteiger partial charge in [0.15, 0.2) is 0 Å². The van der Waals surface area contributed by atoms with Crippen molar-refractivity contribution in [2.45, 2.75) is 19.4 Å². The molecule has 0 aliphatic carbocycles. The second-order valence-electron chi connectivity index (χ2n) is 3.74. The molecular weight excluding hydrogens is 198 g/mol. The summed E-state index contributed by atoms with van der Waals surface area (Å²) in [6, 6.07) is 8.25. The second kappa shape index (κ2) is 3.55. The minimum atomic E-state index is -2.50. The van der Waals surface area contributed by atoms with E-state index in [-0.39, 0.29) is 6.04 Å². The largest absolute Gasteiger partial charge is 0.286 e. The molecule has 0 saturated carbocycles. The maximum absolute atomic E-state index is 9.41. The van der Waals surface area contributed by atoms with Gasteiger partial charge in [-0.15, -0.1) is 10.8 Å². The number of aryl methyl sites for hydroxylation is 1. The molecule has 3 nitrogen and oxygen atoms in total. The highest BCUT2D eigenvalue weighted by atomic mass is 32.3. The first-order valence-corrected chi connectivity index (χ1v) is 6.38. The molecule has 1 saturated heterocycles. The molecule has 0 spiro atoms. The molecule has 1 atom stereocenters. The summed E-state index contributed by atoms with van der Waals surface area (Å²) in [6.45, 7) is 2.04. The number of hydrogen-bond acceptors (Lipinski definition) is 3. The van der Waals surface area contributed by atoms with Crippen molar-refractivity contribution in [2.75, 3.05) is 5.75 Å². The number of hydrogen-bond donors (Lipinski definition) is 3. The van der Waals surface area contributed by atoms with Crippen LogP contribution in [0.2, 0.25) is 0 Å². The third-order valence-corrected chi connectivity index (χ3v) is 3.97. The van der Waals surface area contributed by atoms with Crippen LogP contribution in [0.3, 0.4) is 0 Å². The third kappa shape index (κ3) is 2.09. The number of benzene rings is 1. The van der Waals surface area contributed by atoms with Crippen LogP contribution in [0.25, 0.3) is 0 Å². The molecule has 0 bridgehead atoms. The molecule has 1 unspecified atom stereocenters. The Bertz CT molecular complexity index is 323. The van der Waals surface area contributed by atoms with E-state index in [4.69, 9.17) is 0 Å². The van der Waals surface area contributed by atoms with Crippen molar-refractivity contribution in [3.8, 4) is 0 Å². The Kier molecular flexibility index (Phi) is 2.53. The van der Waals surface area contributed by atoms with E-state index in [2.05, 4.69) is 4.72 Å². The molecule has 0 aromatic heterocycles. The van der Waals surface area contributed by atoms with Crippen molar-refractivity contribution in [1.29, 1.82) is 0 Å². The van der Waals surface area contributed by atoms with Gasteiger partial charge in [0.1, 0.15) is 0 Å². The summed E-state index contributed by atoms with van der Waals surface area (Å²) in [5, 5.41) is 0. The molecule has 1 aromatic carbocycles. The van der Waals surface area contributed by atoms with E-state index in [0.717, 1.165) is 12.0 Å². The van der Waals surface area contributed by atoms with Crippen LogP contribution in [0.15, 0.2) is 24.3 Å². The summed E-state index contributed by atoms with van der Waals surface area (Å²) >= 11 is 0. The average molecular weight is 213 g/mol. The van der Waals surface area contributed by atoms with Crippen LogP contribution in [0.5, 0.6) is 0 Å². The molecule has 1 aliphatic heterocycles. The summed E-state index contributed by atoms with van der Waals surface area (Å²) in [4.78, 5) is 0. The summed E-state index contributed by atoms with van der Waals surface area (Å²) in [5.74, 6) is 0.464. The van der Waals surface area contributed by atoms with Gasteiger partial charge in [0, 0.05) is 0 Å². The minimum Gasteiger partial charge on any atom is -0.286 e. The van der Waals surface area contributed by atoms with E-state index in [9.17, 15) is 9.11 Å². The highest BCUT2D eigenvalue weighted by molar-refractivity contribution is 8.22. The highest BCUT2D eigenvalue weighted by Gasteiger charge is 2.27. The highest BCUT2D eigenvalue weighted by Crippen LogP contribution is 2.45. The molecule has 0 amide bonds. The van der Waals surface area contributed by atoms with E-state index < -0.39 is 10.8 Å². The van der Waals surface area contributed by atoms with Gasteiger partial charge in [0.05, 0.1) is 11.8 Å². The maximum atomic E-state index is 9.41. The van der Waals surface area contributed by atoms with Gasteiger partial charge in [-0.25, -0.2) is 4.72 Å². The number of rotatable bonds is 1. The van der Waals surface area contributed by atoms with Crippen LogP contribution in [-0.2, 0) is 0 Å². The van der Waals surface area contributed by atoms with Crippen molar-refractivity contribution < 1.29 is 9.11 Å². The summed E-state index contributed by atoms with van der Waals surface area (Å²) in [6.07, 6.45) is 0.797. The van der Waals surface area contributed by atoms with E-state index in [1.54, 1.807) is 0 Å².